The Morgan fingerprint density at radius 2 is 2.31 bits per heavy atom. The minimum absolute atomic E-state index is 0.252. The number of benzene rings is 1. The third-order valence-corrected chi connectivity index (χ3v) is 2.19. The first-order valence-corrected chi connectivity index (χ1v) is 5.36. The van der Waals surface area contributed by atoms with E-state index in [-0.39, 0.29) is 18.2 Å². The minimum Gasteiger partial charge on any atom is -0.466 e. The van der Waals surface area contributed by atoms with Crippen LogP contribution in [-0.2, 0) is 9.53 Å². The highest BCUT2D eigenvalue weighted by Gasteiger charge is 2.04. The Bertz CT molecular complexity index is 371. The van der Waals surface area contributed by atoms with Crippen LogP contribution in [0.4, 0.5) is 10.1 Å². The molecule has 0 radical (unpaired) electrons. The van der Waals surface area contributed by atoms with Crippen LogP contribution >= 0.6 is 11.6 Å². The minimum atomic E-state index is -0.388. The number of ether oxygens (including phenoxy) is 1. The van der Waals surface area contributed by atoms with Gasteiger partial charge >= 0.3 is 5.97 Å². The quantitative estimate of drug-likeness (QED) is 0.811. The Morgan fingerprint density at radius 3 is 2.94 bits per heavy atom. The van der Waals surface area contributed by atoms with Crippen LogP contribution in [0.3, 0.4) is 0 Å². The lowest BCUT2D eigenvalue weighted by atomic mass is 10.3. The van der Waals surface area contributed by atoms with Gasteiger partial charge in [0.25, 0.3) is 0 Å². The lowest BCUT2D eigenvalue weighted by Crippen LogP contribution is -2.11. The molecule has 0 aliphatic heterocycles. The molecule has 88 valence electrons. The van der Waals surface area contributed by atoms with Crippen LogP contribution in [0.25, 0.3) is 0 Å². The highest BCUT2D eigenvalue weighted by atomic mass is 35.5. The maximum atomic E-state index is 12.7. The SMILES string of the molecule is CCOC(=O)CCNc1ccc(F)cc1Cl. The van der Waals surface area contributed by atoms with E-state index in [0.717, 1.165) is 0 Å². The molecule has 3 nitrogen and oxygen atoms in total. The van der Waals surface area contributed by atoms with E-state index >= 15 is 0 Å². The molecule has 0 bridgehead atoms. The van der Waals surface area contributed by atoms with Crippen molar-refractivity contribution in [2.45, 2.75) is 13.3 Å². The van der Waals surface area contributed by atoms with Gasteiger partial charge in [0.2, 0.25) is 0 Å². The summed E-state index contributed by atoms with van der Waals surface area (Å²) in [5, 5.41) is 3.23. The molecule has 1 aromatic carbocycles. The standard InChI is InChI=1S/C11H13ClFNO2/c1-2-16-11(15)5-6-14-10-4-3-8(13)7-9(10)12/h3-4,7,14H,2,5-6H2,1H3. The second-order valence-electron chi connectivity index (χ2n) is 3.11. The predicted octanol–water partition coefficient (Wildman–Crippen LogP) is 2.84. The fraction of sp³-hybridized carbons (Fsp3) is 0.364. The van der Waals surface area contributed by atoms with Crippen molar-refractivity contribution in [2.75, 3.05) is 18.5 Å². The maximum Gasteiger partial charge on any atom is 0.307 e. The van der Waals surface area contributed by atoms with Crippen molar-refractivity contribution in [1.29, 1.82) is 0 Å². The van der Waals surface area contributed by atoms with Crippen LogP contribution in [0.1, 0.15) is 13.3 Å². The summed E-state index contributed by atoms with van der Waals surface area (Å²) in [4.78, 5) is 11.0. The number of hydrogen-bond donors (Lipinski definition) is 1. The molecule has 0 aliphatic carbocycles. The summed E-state index contributed by atoms with van der Waals surface area (Å²) in [5.74, 6) is -0.658. The summed E-state index contributed by atoms with van der Waals surface area (Å²) < 4.78 is 17.5. The highest BCUT2D eigenvalue weighted by Crippen LogP contribution is 2.22. The summed E-state index contributed by atoms with van der Waals surface area (Å²) in [5.41, 5.74) is 0.604. The molecule has 1 rings (SSSR count). The summed E-state index contributed by atoms with van der Waals surface area (Å²) >= 11 is 5.79. The van der Waals surface area contributed by atoms with Gasteiger partial charge in [-0.25, -0.2) is 4.39 Å². The molecule has 0 aromatic heterocycles. The second-order valence-corrected chi connectivity index (χ2v) is 3.51. The maximum absolute atomic E-state index is 12.7. The van der Waals surface area contributed by atoms with Gasteiger partial charge in [0.15, 0.2) is 0 Å². The smallest absolute Gasteiger partial charge is 0.307 e. The number of carbonyl (C=O) groups excluding carboxylic acids is 1. The van der Waals surface area contributed by atoms with Gasteiger partial charge in [-0.2, -0.15) is 0 Å². The lowest BCUT2D eigenvalue weighted by Gasteiger charge is -2.07. The van der Waals surface area contributed by atoms with Gasteiger partial charge in [0.1, 0.15) is 5.82 Å². The van der Waals surface area contributed by atoms with E-state index in [0.29, 0.717) is 23.9 Å². The predicted molar refractivity (Wildman–Crippen MR) is 61.1 cm³/mol. The topological polar surface area (TPSA) is 38.3 Å². The van der Waals surface area contributed by atoms with Gasteiger partial charge in [-0.3, -0.25) is 4.79 Å². The molecule has 0 saturated heterocycles. The molecule has 0 aliphatic rings. The van der Waals surface area contributed by atoms with Crippen LogP contribution < -0.4 is 5.32 Å². The van der Waals surface area contributed by atoms with E-state index < -0.39 is 0 Å². The van der Waals surface area contributed by atoms with E-state index in [1.54, 1.807) is 6.92 Å². The Labute approximate surface area is 98.5 Å². The van der Waals surface area contributed by atoms with Crippen LogP contribution in [-0.4, -0.2) is 19.1 Å². The first-order chi connectivity index (χ1) is 7.63. The van der Waals surface area contributed by atoms with E-state index in [2.05, 4.69) is 5.32 Å². The summed E-state index contributed by atoms with van der Waals surface area (Å²) in [6.07, 6.45) is 0.252. The molecule has 1 N–H and O–H groups in total. The Kier molecular flexibility index (Phi) is 5.05. The monoisotopic (exact) mass is 245 g/mol. The van der Waals surface area contributed by atoms with Crippen LogP contribution in [0.15, 0.2) is 18.2 Å². The molecule has 0 unspecified atom stereocenters. The van der Waals surface area contributed by atoms with E-state index in [4.69, 9.17) is 16.3 Å². The van der Waals surface area contributed by atoms with Crippen molar-refractivity contribution in [3.63, 3.8) is 0 Å². The van der Waals surface area contributed by atoms with Crippen molar-refractivity contribution in [1.82, 2.24) is 0 Å². The lowest BCUT2D eigenvalue weighted by molar-refractivity contribution is -0.142. The first-order valence-electron chi connectivity index (χ1n) is 4.98. The molecular formula is C11H13ClFNO2. The normalized spacial score (nSPS) is 9.94. The zero-order valence-electron chi connectivity index (χ0n) is 8.93. The van der Waals surface area contributed by atoms with Gasteiger partial charge in [-0.1, -0.05) is 11.6 Å². The molecule has 0 atom stereocenters. The number of nitrogens with one attached hydrogen (secondary N) is 1. The molecule has 0 heterocycles. The fourth-order valence-corrected chi connectivity index (χ4v) is 1.40. The van der Waals surface area contributed by atoms with Gasteiger partial charge in [0, 0.05) is 6.54 Å². The second kappa shape index (κ2) is 6.33. The Hall–Kier alpha value is -1.29. The summed E-state index contributed by atoms with van der Waals surface area (Å²) in [6.45, 7) is 2.53. The van der Waals surface area contributed by atoms with Gasteiger partial charge in [-0.15, -0.1) is 0 Å². The fourth-order valence-electron chi connectivity index (χ4n) is 1.17. The molecule has 0 saturated carbocycles. The molecule has 0 spiro atoms. The van der Waals surface area contributed by atoms with E-state index in [9.17, 15) is 9.18 Å². The molecule has 1 aromatic rings. The first kappa shape index (κ1) is 12.8. The zero-order chi connectivity index (χ0) is 12.0. The van der Waals surface area contributed by atoms with Crippen molar-refractivity contribution in [3.05, 3.63) is 29.0 Å². The van der Waals surface area contributed by atoms with Crippen molar-refractivity contribution < 1.29 is 13.9 Å². The van der Waals surface area contributed by atoms with Gasteiger partial charge in [0.05, 0.1) is 23.7 Å². The third kappa shape index (κ3) is 4.06. The Morgan fingerprint density at radius 1 is 1.56 bits per heavy atom. The van der Waals surface area contributed by atoms with E-state index in [1.807, 2.05) is 0 Å². The molecule has 16 heavy (non-hydrogen) atoms. The molecular weight excluding hydrogens is 233 g/mol. The number of halogens is 2. The van der Waals surface area contributed by atoms with E-state index in [1.165, 1.54) is 18.2 Å². The zero-order valence-corrected chi connectivity index (χ0v) is 9.68. The van der Waals surface area contributed by atoms with Gasteiger partial charge < -0.3 is 10.1 Å². The number of carbonyl (C=O) groups is 1. The number of esters is 1. The molecule has 0 amide bonds. The number of hydrogen-bond acceptors (Lipinski definition) is 3. The van der Waals surface area contributed by atoms with Crippen molar-refractivity contribution >= 4 is 23.3 Å². The average Bonchev–Trinajstić information content (AvgIpc) is 2.22. The summed E-state index contributed by atoms with van der Waals surface area (Å²) in [6, 6.07) is 4.05. The third-order valence-electron chi connectivity index (χ3n) is 1.88. The van der Waals surface area contributed by atoms with Crippen molar-refractivity contribution in [3.8, 4) is 0 Å². The average molecular weight is 246 g/mol. The largest absolute Gasteiger partial charge is 0.466 e. The van der Waals surface area contributed by atoms with Crippen molar-refractivity contribution in [2.24, 2.45) is 0 Å². The Balaban J connectivity index is 2.40. The van der Waals surface area contributed by atoms with Crippen LogP contribution in [0.5, 0.6) is 0 Å². The number of anilines is 1. The number of rotatable bonds is 5. The van der Waals surface area contributed by atoms with Gasteiger partial charge in [-0.05, 0) is 25.1 Å². The summed E-state index contributed by atoms with van der Waals surface area (Å²) in [7, 11) is 0. The molecule has 0 fully saturated rings. The van der Waals surface area contributed by atoms with Crippen LogP contribution in [0, 0.1) is 5.82 Å². The van der Waals surface area contributed by atoms with Crippen LogP contribution in [0.2, 0.25) is 5.02 Å². The molecule has 5 heteroatoms. The highest BCUT2D eigenvalue weighted by molar-refractivity contribution is 6.33.